The van der Waals surface area contributed by atoms with Crippen molar-refractivity contribution in [2.24, 2.45) is 0 Å². The van der Waals surface area contributed by atoms with Gasteiger partial charge in [-0.2, -0.15) is 0 Å². The maximum Gasteiger partial charge on any atom is 0.247 e. The molecule has 5 nitrogen and oxygen atoms in total. The van der Waals surface area contributed by atoms with E-state index in [-0.39, 0.29) is 24.4 Å². The Morgan fingerprint density at radius 2 is 2.00 bits per heavy atom. The third-order valence-corrected chi connectivity index (χ3v) is 4.25. The zero-order valence-corrected chi connectivity index (χ0v) is 12.4. The third kappa shape index (κ3) is 3.07. The van der Waals surface area contributed by atoms with E-state index in [4.69, 9.17) is 0 Å². The maximum absolute atomic E-state index is 12.2. The molecule has 1 heterocycles. The standard InChI is InChI=1S/C14H18N2O3S/c1-10(9-20(2)19)16-12(17)8-15-14(18)13(16)11-6-4-3-5-7-11/h3-7,10,13H,8-9H2,1-2H3,(H,15,18). The molecule has 1 N–H and O–H groups in total. The maximum atomic E-state index is 12.2. The van der Waals surface area contributed by atoms with Gasteiger partial charge in [-0.05, 0) is 12.5 Å². The number of nitrogens with one attached hydrogen (secondary N) is 1. The molecule has 1 aromatic rings. The molecule has 2 rings (SSSR count). The number of hydrogen-bond acceptors (Lipinski definition) is 3. The first kappa shape index (κ1) is 14.7. The van der Waals surface area contributed by atoms with E-state index in [1.807, 2.05) is 37.3 Å². The van der Waals surface area contributed by atoms with Gasteiger partial charge in [0.1, 0.15) is 6.04 Å². The van der Waals surface area contributed by atoms with Gasteiger partial charge in [-0.3, -0.25) is 13.8 Å². The highest BCUT2D eigenvalue weighted by molar-refractivity contribution is 7.84. The van der Waals surface area contributed by atoms with Crippen LogP contribution in [0.1, 0.15) is 18.5 Å². The minimum absolute atomic E-state index is 0.00283. The number of hydrogen-bond donors (Lipinski definition) is 1. The number of piperazine rings is 1. The van der Waals surface area contributed by atoms with Crippen LogP contribution in [0.5, 0.6) is 0 Å². The van der Waals surface area contributed by atoms with E-state index in [0.29, 0.717) is 5.75 Å². The van der Waals surface area contributed by atoms with Crippen molar-refractivity contribution in [2.75, 3.05) is 18.6 Å². The first-order valence-electron chi connectivity index (χ1n) is 6.44. The van der Waals surface area contributed by atoms with E-state index in [1.54, 1.807) is 11.2 Å². The topological polar surface area (TPSA) is 66.5 Å². The van der Waals surface area contributed by atoms with Crippen molar-refractivity contribution in [3.63, 3.8) is 0 Å². The Bertz CT molecular complexity index is 532. The van der Waals surface area contributed by atoms with Crippen LogP contribution in [0.15, 0.2) is 30.3 Å². The second-order valence-corrected chi connectivity index (χ2v) is 6.40. The van der Waals surface area contributed by atoms with Gasteiger partial charge in [-0.1, -0.05) is 30.3 Å². The van der Waals surface area contributed by atoms with Gasteiger partial charge < -0.3 is 10.2 Å². The van der Waals surface area contributed by atoms with Crippen molar-refractivity contribution in [1.82, 2.24) is 10.2 Å². The van der Waals surface area contributed by atoms with E-state index in [9.17, 15) is 13.8 Å². The number of carbonyl (C=O) groups is 2. The molecule has 6 heteroatoms. The number of amides is 2. The lowest BCUT2D eigenvalue weighted by atomic mass is 10.0. The fraction of sp³-hybridized carbons (Fsp3) is 0.429. The monoisotopic (exact) mass is 294 g/mol. The SMILES string of the molecule is CC(CS(C)=O)N1C(=O)CNC(=O)C1c1ccccc1. The van der Waals surface area contributed by atoms with Crippen LogP contribution in [0.25, 0.3) is 0 Å². The average molecular weight is 294 g/mol. The van der Waals surface area contributed by atoms with Crippen molar-refractivity contribution >= 4 is 22.6 Å². The summed E-state index contributed by atoms with van der Waals surface area (Å²) in [6.45, 7) is 1.83. The van der Waals surface area contributed by atoms with E-state index in [2.05, 4.69) is 5.32 Å². The van der Waals surface area contributed by atoms with Crippen LogP contribution >= 0.6 is 0 Å². The molecule has 0 spiro atoms. The number of benzene rings is 1. The zero-order valence-electron chi connectivity index (χ0n) is 11.5. The van der Waals surface area contributed by atoms with Crippen LogP contribution in [0.4, 0.5) is 0 Å². The molecule has 3 unspecified atom stereocenters. The van der Waals surface area contributed by atoms with Crippen molar-refractivity contribution in [3.8, 4) is 0 Å². The lowest BCUT2D eigenvalue weighted by Gasteiger charge is -2.39. The van der Waals surface area contributed by atoms with Gasteiger partial charge in [0.2, 0.25) is 11.8 Å². The minimum Gasteiger partial charge on any atom is -0.345 e. The molecule has 3 atom stereocenters. The largest absolute Gasteiger partial charge is 0.345 e. The Kier molecular flexibility index (Phi) is 4.54. The quantitative estimate of drug-likeness (QED) is 0.877. The van der Waals surface area contributed by atoms with E-state index < -0.39 is 16.8 Å². The second-order valence-electron chi connectivity index (χ2n) is 4.92. The molecule has 20 heavy (non-hydrogen) atoms. The highest BCUT2D eigenvalue weighted by Gasteiger charge is 2.38. The van der Waals surface area contributed by atoms with Gasteiger partial charge >= 0.3 is 0 Å². The lowest BCUT2D eigenvalue weighted by molar-refractivity contribution is -0.147. The molecule has 1 aliphatic rings. The van der Waals surface area contributed by atoms with Crippen LogP contribution in [0.3, 0.4) is 0 Å². The molecule has 1 aliphatic heterocycles. The first-order valence-corrected chi connectivity index (χ1v) is 8.17. The number of rotatable bonds is 4. The molecule has 1 fully saturated rings. The van der Waals surface area contributed by atoms with Crippen molar-refractivity contribution in [1.29, 1.82) is 0 Å². The van der Waals surface area contributed by atoms with Gasteiger partial charge in [0.25, 0.3) is 0 Å². The van der Waals surface area contributed by atoms with E-state index in [1.165, 1.54) is 0 Å². The summed E-state index contributed by atoms with van der Waals surface area (Å²) in [7, 11) is -1.02. The van der Waals surface area contributed by atoms with Gasteiger partial charge in [-0.15, -0.1) is 0 Å². The van der Waals surface area contributed by atoms with Crippen LogP contribution < -0.4 is 5.32 Å². The molecular weight excluding hydrogens is 276 g/mol. The van der Waals surface area contributed by atoms with Crippen molar-refractivity contribution < 1.29 is 13.8 Å². The number of carbonyl (C=O) groups excluding carboxylic acids is 2. The highest BCUT2D eigenvalue weighted by atomic mass is 32.2. The summed E-state index contributed by atoms with van der Waals surface area (Å²) in [4.78, 5) is 25.9. The first-order chi connectivity index (χ1) is 9.50. The van der Waals surface area contributed by atoms with Gasteiger partial charge in [0, 0.05) is 28.9 Å². The predicted molar refractivity (Wildman–Crippen MR) is 77.4 cm³/mol. The summed E-state index contributed by atoms with van der Waals surface area (Å²) < 4.78 is 11.4. The Labute approximate surface area is 120 Å². The molecule has 0 aliphatic carbocycles. The lowest BCUT2D eigenvalue weighted by Crippen LogP contribution is -2.57. The Balaban J connectivity index is 2.34. The molecule has 108 valence electrons. The van der Waals surface area contributed by atoms with Crippen LogP contribution in [0, 0.1) is 0 Å². The highest BCUT2D eigenvalue weighted by Crippen LogP contribution is 2.26. The second kappa shape index (κ2) is 6.17. The van der Waals surface area contributed by atoms with Gasteiger partial charge in [0.15, 0.2) is 0 Å². The molecular formula is C14H18N2O3S. The summed E-state index contributed by atoms with van der Waals surface area (Å²) in [5.41, 5.74) is 0.770. The Hall–Kier alpha value is -1.69. The summed E-state index contributed by atoms with van der Waals surface area (Å²) in [5, 5.41) is 2.61. The minimum atomic E-state index is -1.02. The molecule has 0 bridgehead atoms. The molecule has 0 radical (unpaired) electrons. The molecule has 1 saturated heterocycles. The smallest absolute Gasteiger partial charge is 0.247 e. The Morgan fingerprint density at radius 1 is 1.35 bits per heavy atom. The normalized spacial score (nSPS) is 22.3. The summed E-state index contributed by atoms with van der Waals surface area (Å²) >= 11 is 0. The van der Waals surface area contributed by atoms with Gasteiger partial charge in [-0.25, -0.2) is 0 Å². The van der Waals surface area contributed by atoms with Crippen LogP contribution in [-0.4, -0.2) is 45.5 Å². The molecule has 2 amide bonds. The van der Waals surface area contributed by atoms with Crippen LogP contribution in [-0.2, 0) is 20.4 Å². The molecule has 0 aromatic heterocycles. The summed E-state index contributed by atoms with van der Waals surface area (Å²) in [6, 6.07) is 8.30. The fourth-order valence-electron chi connectivity index (χ4n) is 2.49. The zero-order chi connectivity index (χ0) is 14.7. The molecule has 0 saturated carbocycles. The third-order valence-electron chi connectivity index (χ3n) is 3.29. The predicted octanol–water partition coefficient (Wildman–Crippen LogP) is 0.453. The van der Waals surface area contributed by atoms with Crippen molar-refractivity contribution in [3.05, 3.63) is 35.9 Å². The summed E-state index contributed by atoms with van der Waals surface area (Å²) in [6.07, 6.45) is 1.60. The number of nitrogens with zero attached hydrogens (tertiary/aromatic N) is 1. The van der Waals surface area contributed by atoms with E-state index in [0.717, 1.165) is 5.56 Å². The van der Waals surface area contributed by atoms with Crippen LogP contribution in [0.2, 0.25) is 0 Å². The van der Waals surface area contributed by atoms with Crippen molar-refractivity contribution in [2.45, 2.75) is 19.0 Å². The Morgan fingerprint density at radius 3 is 2.60 bits per heavy atom. The average Bonchev–Trinajstić information content (AvgIpc) is 2.41. The molecule has 1 aromatic carbocycles. The summed E-state index contributed by atoms with van der Waals surface area (Å²) in [5.74, 6) is 0.0310. The van der Waals surface area contributed by atoms with E-state index >= 15 is 0 Å². The van der Waals surface area contributed by atoms with Gasteiger partial charge in [0.05, 0.1) is 6.54 Å². The fourth-order valence-corrected chi connectivity index (χ4v) is 3.33.